The summed E-state index contributed by atoms with van der Waals surface area (Å²) in [6, 6.07) is 1.82. The number of nitrogens with two attached hydrogens (primary N) is 2. The van der Waals surface area contributed by atoms with Gasteiger partial charge in [-0.15, -0.1) is 0 Å². The molecule has 0 saturated heterocycles. The number of ketones is 1. The molecule has 0 aliphatic rings. The van der Waals surface area contributed by atoms with Gasteiger partial charge in [-0.05, 0) is 43.9 Å². The van der Waals surface area contributed by atoms with E-state index in [1.165, 1.54) is 0 Å². The molecule has 0 fully saturated rings. The Morgan fingerprint density at radius 2 is 2.11 bits per heavy atom. The Morgan fingerprint density at radius 1 is 1.37 bits per heavy atom. The predicted octanol–water partition coefficient (Wildman–Crippen LogP) is 2.70. The van der Waals surface area contributed by atoms with Gasteiger partial charge in [-0.2, -0.15) is 0 Å². The molecule has 4 nitrogen and oxygen atoms in total. The molecule has 1 unspecified atom stereocenters. The fourth-order valence-electron chi connectivity index (χ4n) is 2.35. The van der Waals surface area contributed by atoms with E-state index in [0.717, 1.165) is 31.2 Å². The minimum Gasteiger partial charge on any atom is -0.383 e. The number of Topliss-reactive ketones (excluding diaryl/α,β-unsaturated/α-hetero) is 1. The number of pyridine rings is 1. The van der Waals surface area contributed by atoms with E-state index in [9.17, 15) is 4.79 Å². The van der Waals surface area contributed by atoms with E-state index in [-0.39, 0.29) is 5.78 Å². The number of nitrogens with zero attached hydrogens (tertiary/aromatic N) is 1. The summed E-state index contributed by atoms with van der Waals surface area (Å²) in [5, 5.41) is 0. The highest BCUT2D eigenvalue weighted by molar-refractivity contribution is 6.00. The Bertz CT molecular complexity index is 412. The number of anilines is 1. The van der Waals surface area contributed by atoms with Crippen molar-refractivity contribution in [2.45, 2.75) is 46.0 Å². The predicted molar refractivity (Wildman–Crippen MR) is 79.0 cm³/mol. The molecule has 0 amide bonds. The van der Waals surface area contributed by atoms with Crippen LogP contribution in [0.1, 0.15) is 54.9 Å². The van der Waals surface area contributed by atoms with Crippen LogP contribution in [0.5, 0.6) is 0 Å². The number of hydrogen-bond acceptors (Lipinski definition) is 4. The molecule has 1 rings (SSSR count). The van der Waals surface area contributed by atoms with Gasteiger partial charge in [-0.3, -0.25) is 4.79 Å². The topological polar surface area (TPSA) is 82.0 Å². The first-order valence-corrected chi connectivity index (χ1v) is 7.03. The van der Waals surface area contributed by atoms with Gasteiger partial charge in [0, 0.05) is 12.6 Å². The molecule has 106 valence electrons. The molecule has 1 aromatic heterocycles. The van der Waals surface area contributed by atoms with Crippen LogP contribution in [0.4, 0.5) is 5.82 Å². The van der Waals surface area contributed by atoms with Gasteiger partial charge < -0.3 is 11.5 Å². The summed E-state index contributed by atoms with van der Waals surface area (Å²) in [6.45, 7) is 4.76. The molecule has 4 heteroatoms. The lowest BCUT2D eigenvalue weighted by molar-refractivity contribution is 0.0972. The monoisotopic (exact) mass is 263 g/mol. The van der Waals surface area contributed by atoms with Crippen LogP contribution in [0.2, 0.25) is 0 Å². The van der Waals surface area contributed by atoms with Crippen LogP contribution in [0.25, 0.3) is 0 Å². The summed E-state index contributed by atoms with van der Waals surface area (Å²) in [4.78, 5) is 16.2. The van der Waals surface area contributed by atoms with Crippen LogP contribution in [0.3, 0.4) is 0 Å². The minimum atomic E-state index is 0.0897. The van der Waals surface area contributed by atoms with Gasteiger partial charge in [0.15, 0.2) is 5.78 Å². The average Bonchev–Trinajstić information content (AvgIpc) is 2.39. The number of nitrogen functional groups attached to an aromatic ring is 1. The average molecular weight is 263 g/mol. The maximum atomic E-state index is 12.2. The van der Waals surface area contributed by atoms with Crippen LogP contribution >= 0.6 is 0 Å². The maximum absolute atomic E-state index is 12.2. The van der Waals surface area contributed by atoms with Gasteiger partial charge in [-0.1, -0.05) is 19.8 Å². The summed E-state index contributed by atoms with van der Waals surface area (Å²) >= 11 is 0. The van der Waals surface area contributed by atoms with Crippen LogP contribution in [-0.2, 0) is 0 Å². The van der Waals surface area contributed by atoms with Gasteiger partial charge in [0.1, 0.15) is 5.82 Å². The molecule has 0 aliphatic carbocycles. The van der Waals surface area contributed by atoms with Crippen molar-refractivity contribution < 1.29 is 4.79 Å². The molecular formula is C15H25N3O. The van der Waals surface area contributed by atoms with E-state index in [0.29, 0.717) is 30.3 Å². The highest BCUT2D eigenvalue weighted by atomic mass is 16.1. The first kappa shape index (κ1) is 15.6. The summed E-state index contributed by atoms with van der Waals surface area (Å²) in [6.07, 6.45) is 6.35. The van der Waals surface area contributed by atoms with Gasteiger partial charge in [0.05, 0.1) is 5.56 Å². The number of hydrogen-bond donors (Lipinski definition) is 2. The quantitative estimate of drug-likeness (QED) is 0.706. The van der Waals surface area contributed by atoms with Gasteiger partial charge >= 0.3 is 0 Å². The van der Waals surface area contributed by atoms with E-state index < -0.39 is 0 Å². The number of aryl methyl sites for hydroxylation is 1. The molecule has 4 N–H and O–H groups in total. The Balaban J connectivity index is 2.61. The van der Waals surface area contributed by atoms with E-state index in [1.54, 1.807) is 6.20 Å². The van der Waals surface area contributed by atoms with Crippen molar-refractivity contribution in [3.63, 3.8) is 0 Å². The molecule has 1 aromatic rings. The molecule has 1 heterocycles. The van der Waals surface area contributed by atoms with Gasteiger partial charge in [-0.25, -0.2) is 4.98 Å². The van der Waals surface area contributed by atoms with Crippen LogP contribution < -0.4 is 11.5 Å². The smallest absolute Gasteiger partial charge is 0.166 e. The SMILES string of the molecule is CCCC(CCN)CCC(=O)c1cc(C)cnc1N. The minimum absolute atomic E-state index is 0.0897. The van der Waals surface area contributed by atoms with Crippen molar-refractivity contribution in [2.75, 3.05) is 12.3 Å². The molecule has 0 radical (unpaired) electrons. The zero-order valence-corrected chi connectivity index (χ0v) is 12.0. The molecule has 0 bridgehead atoms. The molecule has 0 spiro atoms. The number of rotatable bonds is 8. The van der Waals surface area contributed by atoms with Crippen LogP contribution in [0.15, 0.2) is 12.3 Å². The molecule has 0 saturated carbocycles. The number of carbonyl (C=O) groups excluding carboxylic acids is 1. The summed E-state index contributed by atoms with van der Waals surface area (Å²) < 4.78 is 0. The van der Waals surface area contributed by atoms with Crippen LogP contribution in [-0.4, -0.2) is 17.3 Å². The van der Waals surface area contributed by atoms with Crippen molar-refractivity contribution in [2.24, 2.45) is 11.7 Å². The number of carbonyl (C=O) groups is 1. The van der Waals surface area contributed by atoms with Crippen molar-refractivity contribution in [1.82, 2.24) is 4.98 Å². The second kappa shape index (κ2) is 7.89. The van der Waals surface area contributed by atoms with E-state index >= 15 is 0 Å². The van der Waals surface area contributed by atoms with E-state index in [1.807, 2.05) is 13.0 Å². The highest BCUT2D eigenvalue weighted by Gasteiger charge is 2.14. The van der Waals surface area contributed by atoms with Crippen molar-refractivity contribution in [3.8, 4) is 0 Å². The second-order valence-corrected chi connectivity index (χ2v) is 5.14. The third-order valence-electron chi connectivity index (χ3n) is 3.41. The van der Waals surface area contributed by atoms with Crippen molar-refractivity contribution >= 4 is 11.6 Å². The lowest BCUT2D eigenvalue weighted by Gasteiger charge is -2.14. The molecular weight excluding hydrogens is 238 g/mol. The van der Waals surface area contributed by atoms with Gasteiger partial charge in [0.2, 0.25) is 0 Å². The summed E-state index contributed by atoms with van der Waals surface area (Å²) in [5.41, 5.74) is 12.9. The molecule has 0 aromatic carbocycles. The molecule has 0 aliphatic heterocycles. The fraction of sp³-hybridized carbons (Fsp3) is 0.600. The lowest BCUT2D eigenvalue weighted by Crippen LogP contribution is -2.12. The standard InChI is InChI=1S/C15H25N3O/c1-3-4-12(7-8-16)5-6-14(19)13-9-11(2)10-18-15(13)17/h9-10,12H,3-8,16H2,1-2H3,(H2,17,18). The normalized spacial score (nSPS) is 12.4. The van der Waals surface area contributed by atoms with Crippen LogP contribution in [0, 0.1) is 12.8 Å². The second-order valence-electron chi connectivity index (χ2n) is 5.14. The number of aromatic nitrogens is 1. The van der Waals surface area contributed by atoms with Crippen molar-refractivity contribution in [1.29, 1.82) is 0 Å². The largest absolute Gasteiger partial charge is 0.383 e. The Hall–Kier alpha value is -1.42. The van der Waals surface area contributed by atoms with E-state index in [2.05, 4.69) is 11.9 Å². The zero-order valence-electron chi connectivity index (χ0n) is 12.0. The zero-order chi connectivity index (χ0) is 14.3. The Morgan fingerprint density at radius 3 is 2.74 bits per heavy atom. The maximum Gasteiger partial charge on any atom is 0.166 e. The Kier molecular flexibility index (Phi) is 6.50. The third-order valence-corrected chi connectivity index (χ3v) is 3.41. The summed E-state index contributed by atoms with van der Waals surface area (Å²) in [7, 11) is 0. The highest BCUT2D eigenvalue weighted by Crippen LogP contribution is 2.20. The van der Waals surface area contributed by atoms with Gasteiger partial charge in [0.25, 0.3) is 0 Å². The molecule has 1 atom stereocenters. The van der Waals surface area contributed by atoms with E-state index in [4.69, 9.17) is 11.5 Å². The molecule has 19 heavy (non-hydrogen) atoms. The summed E-state index contributed by atoms with van der Waals surface area (Å²) in [5.74, 6) is 0.964. The fourth-order valence-corrected chi connectivity index (χ4v) is 2.35. The first-order chi connectivity index (χ1) is 9.08. The lowest BCUT2D eigenvalue weighted by atomic mass is 9.92. The first-order valence-electron chi connectivity index (χ1n) is 7.03. The Labute approximate surface area is 115 Å². The third kappa shape index (κ3) is 4.99. The van der Waals surface area contributed by atoms with Crippen molar-refractivity contribution in [3.05, 3.63) is 23.4 Å².